The largest absolute Gasteiger partial charge is 0.396 e. The number of nitrogens with zero attached hydrogens (tertiary/aromatic N) is 1. The molecule has 1 aromatic rings. The lowest BCUT2D eigenvalue weighted by molar-refractivity contribution is -0.132. The predicted octanol–water partition coefficient (Wildman–Crippen LogP) is 2.66. The fourth-order valence-electron chi connectivity index (χ4n) is 2.92. The van der Waals surface area contributed by atoms with E-state index in [4.69, 9.17) is 5.11 Å². The van der Waals surface area contributed by atoms with Crippen LogP contribution >= 0.6 is 0 Å². The molecular weight excluding hydrogens is 262 g/mol. The molecule has 1 heterocycles. The Hall–Kier alpha value is -1.35. The Kier molecular flexibility index (Phi) is 5.80. The van der Waals surface area contributed by atoms with Gasteiger partial charge in [-0.15, -0.1) is 0 Å². The molecule has 1 fully saturated rings. The lowest BCUT2D eigenvalue weighted by atomic mass is 9.97. The molecule has 0 bridgehead atoms. The lowest BCUT2D eigenvalue weighted by Gasteiger charge is -2.31. The first-order chi connectivity index (χ1) is 10.1. The zero-order chi connectivity index (χ0) is 15.2. The van der Waals surface area contributed by atoms with E-state index in [1.165, 1.54) is 5.56 Å². The highest BCUT2D eigenvalue weighted by atomic mass is 16.3. The molecular formula is C18H27NO2. The molecule has 0 aliphatic carbocycles. The maximum atomic E-state index is 12.3. The molecule has 0 saturated carbocycles. The summed E-state index contributed by atoms with van der Waals surface area (Å²) in [6.07, 6.45) is 3.43. The Morgan fingerprint density at radius 2 is 1.76 bits per heavy atom. The quantitative estimate of drug-likeness (QED) is 0.905. The molecule has 1 aromatic carbocycles. The van der Waals surface area contributed by atoms with E-state index in [0.717, 1.165) is 37.9 Å². The second-order valence-electron chi connectivity index (χ2n) is 6.60. The highest BCUT2D eigenvalue weighted by molar-refractivity contribution is 5.78. The van der Waals surface area contributed by atoms with Crippen LogP contribution in [0.1, 0.15) is 37.8 Å². The highest BCUT2D eigenvalue weighted by Crippen LogP contribution is 2.17. The average molecular weight is 289 g/mol. The van der Waals surface area contributed by atoms with E-state index in [1.54, 1.807) is 0 Å². The molecule has 1 amide bonds. The van der Waals surface area contributed by atoms with E-state index >= 15 is 0 Å². The summed E-state index contributed by atoms with van der Waals surface area (Å²) in [7, 11) is 0. The second kappa shape index (κ2) is 7.60. The van der Waals surface area contributed by atoms with Gasteiger partial charge in [0.1, 0.15) is 0 Å². The van der Waals surface area contributed by atoms with Crippen LogP contribution in [0.2, 0.25) is 0 Å². The van der Waals surface area contributed by atoms with E-state index in [9.17, 15) is 4.79 Å². The summed E-state index contributed by atoms with van der Waals surface area (Å²) >= 11 is 0. The maximum Gasteiger partial charge on any atom is 0.226 e. The first kappa shape index (κ1) is 16.0. The number of aliphatic hydroxyl groups is 1. The van der Waals surface area contributed by atoms with Gasteiger partial charge in [0, 0.05) is 19.7 Å². The van der Waals surface area contributed by atoms with Gasteiger partial charge in [0.25, 0.3) is 0 Å². The number of likely N-dealkylation sites (tertiary alicyclic amines) is 1. The van der Waals surface area contributed by atoms with E-state index < -0.39 is 0 Å². The van der Waals surface area contributed by atoms with Crippen molar-refractivity contribution in [2.45, 2.75) is 39.5 Å². The van der Waals surface area contributed by atoms with Crippen molar-refractivity contribution in [3.05, 3.63) is 35.4 Å². The van der Waals surface area contributed by atoms with Gasteiger partial charge in [-0.1, -0.05) is 38.1 Å². The molecule has 0 unspecified atom stereocenters. The van der Waals surface area contributed by atoms with Gasteiger partial charge >= 0.3 is 0 Å². The Morgan fingerprint density at radius 1 is 1.19 bits per heavy atom. The molecule has 1 aliphatic rings. The third-order valence-electron chi connectivity index (χ3n) is 4.25. The molecule has 1 saturated heterocycles. The van der Waals surface area contributed by atoms with Crippen LogP contribution in [0.3, 0.4) is 0 Å². The zero-order valence-corrected chi connectivity index (χ0v) is 13.2. The van der Waals surface area contributed by atoms with Crippen molar-refractivity contribution in [2.75, 3.05) is 19.7 Å². The Balaban J connectivity index is 1.85. The third-order valence-corrected chi connectivity index (χ3v) is 4.25. The van der Waals surface area contributed by atoms with Crippen LogP contribution in [0.4, 0.5) is 0 Å². The summed E-state index contributed by atoms with van der Waals surface area (Å²) in [6, 6.07) is 8.44. The molecule has 2 rings (SSSR count). The van der Waals surface area contributed by atoms with Crippen LogP contribution in [-0.4, -0.2) is 35.6 Å². The molecule has 116 valence electrons. The smallest absolute Gasteiger partial charge is 0.226 e. The topological polar surface area (TPSA) is 40.5 Å². The summed E-state index contributed by atoms with van der Waals surface area (Å²) in [5.74, 6) is 1.25. The second-order valence-corrected chi connectivity index (χ2v) is 6.60. The number of amides is 1. The van der Waals surface area contributed by atoms with Crippen LogP contribution in [0.5, 0.6) is 0 Å². The van der Waals surface area contributed by atoms with Crippen LogP contribution < -0.4 is 0 Å². The number of carbonyl (C=O) groups excluding carboxylic acids is 1. The Morgan fingerprint density at radius 3 is 2.29 bits per heavy atom. The lowest BCUT2D eigenvalue weighted by Crippen LogP contribution is -2.40. The van der Waals surface area contributed by atoms with Crippen molar-refractivity contribution in [3.8, 4) is 0 Å². The fourth-order valence-corrected chi connectivity index (χ4v) is 2.92. The minimum Gasteiger partial charge on any atom is -0.396 e. The van der Waals surface area contributed by atoms with Crippen LogP contribution in [0.15, 0.2) is 24.3 Å². The number of aliphatic hydroxyl groups excluding tert-OH is 1. The Bertz CT molecular complexity index is 445. The number of carbonyl (C=O) groups is 1. The molecule has 0 atom stereocenters. The summed E-state index contributed by atoms with van der Waals surface area (Å²) in [4.78, 5) is 14.2. The Labute approximate surface area is 128 Å². The molecule has 1 aliphatic heterocycles. The maximum absolute atomic E-state index is 12.3. The van der Waals surface area contributed by atoms with Crippen LogP contribution in [0, 0.1) is 11.8 Å². The van der Waals surface area contributed by atoms with Gasteiger partial charge in [0.2, 0.25) is 5.91 Å². The molecule has 21 heavy (non-hydrogen) atoms. The number of rotatable bonds is 5. The average Bonchev–Trinajstić information content (AvgIpc) is 2.49. The van der Waals surface area contributed by atoms with Gasteiger partial charge in [0.15, 0.2) is 0 Å². The van der Waals surface area contributed by atoms with Gasteiger partial charge in [-0.2, -0.15) is 0 Å². The van der Waals surface area contributed by atoms with Crippen molar-refractivity contribution in [2.24, 2.45) is 11.8 Å². The van der Waals surface area contributed by atoms with Crippen LogP contribution in [-0.2, 0) is 17.6 Å². The van der Waals surface area contributed by atoms with E-state index in [0.29, 0.717) is 18.3 Å². The summed E-state index contributed by atoms with van der Waals surface area (Å²) in [6.45, 7) is 6.26. The fraction of sp³-hybridized carbons (Fsp3) is 0.611. The molecule has 1 N–H and O–H groups in total. The van der Waals surface area contributed by atoms with Gasteiger partial charge in [-0.3, -0.25) is 4.79 Å². The number of benzene rings is 1. The predicted molar refractivity (Wildman–Crippen MR) is 85.1 cm³/mol. The van der Waals surface area contributed by atoms with E-state index in [2.05, 4.69) is 38.1 Å². The van der Waals surface area contributed by atoms with E-state index in [-0.39, 0.29) is 12.5 Å². The van der Waals surface area contributed by atoms with E-state index in [1.807, 2.05) is 4.90 Å². The number of hydrogen-bond acceptors (Lipinski definition) is 2. The minimum atomic E-state index is 0.211. The zero-order valence-electron chi connectivity index (χ0n) is 13.2. The number of piperidine rings is 1. The molecule has 0 radical (unpaired) electrons. The highest BCUT2D eigenvalue weighted by Gasteiger charge is 2.22. The number of hydrogen-bond donors (Lipinski definition) is 1. The monoisotopic (exact) mass is 289 g/mol. The standard InChI is InChI=1S/C18H27NO2/c1-14(2)11-15-3-5-16(6-4-15)12-18(21)19-9-7-17(13-20)8-10-19/h3-6,14,17,20H,7-13H2,1-2H3. The van der Waals surface area contributed by atoms with Crippen molar-refractivity contribution < 1.29 is 9.90 Å². The van der Waals surface area contributed by atoms with Crippen molar-refractivity contribution in [1.82, 2.24) is 4.90 Å². The summed E-state index contributed by atoms with van der Waals surface area (Å²) < 4.78 is 0. The van der Waals surface area contributed by atoms with Crippen molar-refractivity contribution in [3.63, 3.8) is 0 Å². The molecule has 3 heteroatoms. The van der Waals surface area contributed by atoms with Crippen LogP contribution in [0.25, 0.3) is 0 Å². The van der Waals surface area contributed by atoms with Crippen molar-refractivity contribution >= 4 is 5.91 Å². The van der Waals surface area contributed by atoms with Gasteiger partial charge < -0.3 is 10.0 Å². The van der Waals surface area contributed by atoms with Crippen molar-refractivity contribution in [1.29, 1.82) is 0 Å². The first-order valence-corrected chi connectivity index (χ1v) is 8.05. The first-order valence-electron chi connectivity index (χ1n) is 8.05. The summed E-state index contributed by atoms with van der Waals surface area (Å²) in [5, 5.41) is 9.14. The molecule has 0 aromatic heterocycles. The third kappa shape index (κ3) is 4.85. The van der Waals surface area contributed by atoms with Gasteiger partial charge in [0.05, 0.1) is 6.42 Å². The summed E-state index contributed by atoms with van der Waals surface area (Å²) in [5.41, 5.74) is 2.43. The minimum absolute atomic E-state index is 0.211. The molecule has 3 nitrogen and oxygen atoms in total. The molecule has 0 spiro atoms. The SMILES string of the molecule is CC(C)Cc1ccc(CC(=O)N2CCC(CO)CC2)cc1. The van der Waals surface area contributed by atoms with Gasteiger partial charge in [-0.05, 0) is 42.2 Å². The van der Waals surface area contributed by atoms with Gasteiger partial charge in [-0.25, -0.2) is 0 Å². The normalized spacial score (nSPS) is 16.5.